The van der Waals surface area contributed by atoms with Crippen molar-refractivity contribution >= 4 is 5.78 Å². The molecule has 0 spiro atoms. The van der Waals surface area contributed by atoms with Crippen LogP contribution in [-0.4, -0.2) is 5.78 Å². The minimum atomic E-state index is -4.35. The Labute approximate surface area is 85.9 Å². The number of hydrogen-bond donors (Lipinski definition) is 0. The van der Waals surface area contributed by atoms with E-state index >= 15 is 0 Å². The largest absolute Gasteiger partial charge is 0.416 e. The molecule has 0 heterocycles. The van der Waals surface area contributed by atoms with Gasteiger partial charge in [0.15, 0.2) is 0 Å². The molecule has 1 nitrogen and oxygen atoms in total. The molecule has 4 heteroatoms. The SMILES string of the molecule is CC(=O)Cc1cc(C)cc(C(F)(F)F)c1. The van der Waals surface area contributed by atoms with Crippen molar-refractivity contribution in [3.05, 3.63) is 34.9 Å². The standard InChI is InChI=1S/C11H11F3O/c1-7-3-9(5-8(2)15)6-10(4-7)11(12,13)14/h3-4,6H,5H2,1-2H3. The molecule has 0 aliphatic rings. The number of benzene rings is 1. The summed E-state index contributed by atoms with van der Waals surface area (Å²) in [5.74, 6) is -0.145. The third kappa shape index (κ3) is 3.38. The average Bonchev–Trinajstić information content (AvgIpc) is 1.99. The van der Waals surface area contributed by atoms with Gasteiger partial charge in [0, 0.05) is 6.42 Å². The first-order chi connectivity index (χ1) is 6.79. The Morgan fingerprint density at radius 3 is 2.33 bits per heavy atom. The van der Waals surface area contributed by atoms with Gasteiger partial charge in [-0.1, -0.05) is 11.6 Å². The van der Waals surface area contributed by atoms with Crippen LogP contribution in [0.25, 0.3) is 0 Å². The zero-order valence-electron chi connectivity index (χ0n) is 8.48. The van der Waals surface area contributed by atoms with Gasteiger partial charge in [-0.3, -0.25) is 4.79 Å². The van der Waals surface area contributed by atoms with E-state index in [2.05, 4.69) is 0 Å². The molecule has 1 rings (SSSR count). The monoisotopic (exact) mass is 216 g/mol. The lowest BCUT2D eigenvalue weighted by atomic mass is 10.0. The summed E-state index contributed by atoms with van der Waals surface area (Å²) in [5, 5.41) is 0. The minimum absolute atomic E-state index is 0.0464. The molecule has 82 valence electrons. The molecule has 0 atom stereocenters. The molecule has 0 radical (unpaired) electrons. The highest BCUT2D eigenvalue weighted by atomic mass is 19.4. The molecule has 1 aromatic carbocycles. The van der Waals surface area contributed by atoms with Gasteiger partial charge in [-0.25, -0.2) is 0 Å². The fourth-order valence-electron chi connectivity index (χ4n) is 1.42. The van der Waals surface area contributed by atoms with Crippen LogP contribution in [0.1, 0.15) is 23.6 Å². The molecule has 0 bridgehead atoms. The van der Waals surface area contributed by atoms with E-state index in [1.807, 2.05) is 0 Å². The van der Waals surface area contributed by atoms with E-state index in [0.29, 0.717) is 11.1 Å². The first-order valence-corrected chi connectivity index (χ1v) is 4.46. The highest BCUT2D eigenvalue weighted by Crippen LogP contribution is 2.30. The van der Waals surface area contributed by atoms with Gasteiger partial charge in [0.2, 0.25) is 0 Å². The van der Waals surface area contributed by atoms with Crippen LogP contribution in [0.2, 0.25) is 0 Å². The molecule has 0 aliphatic carbocycles. The van der Waals surface area contributed by atoms with Crippen LogP contribution in [0.4, 0.5) is 13.2 Å². The van der Waals surface area contributed by atoms with Crippen molar-refractivity contribution in [3.63, 3.8) is 0 Å². The Balaban J connectivity index is 3.11. The van der Waals surface area contributed by atoms with Crippen LogP contribution in [0.15, 0.2) is 18.2 Å². The van der Waals surface area contributed by atoms with Crippen molar-refractivity contribution in [2.24, 2.45) is 0 Å². The summed E-state index contributed by atoms with van der Waals surface area (Å²) in [6, 6.07) is 3.69. The number of carbonyl (C=O) groups excluding carboxylic acids is 1. The highest BCUT2D eigenvalue weighted by Gasteiger charge is 2.30. The second-order valence-electron chi connectivity index (χ2n) is 3.58. The van der Waals surface area contributed by atoms with Crippen LogP contribution in [-0.2, 0) is 17.4 Å². The van der Waals surface area contributed by atoms with Crippen LogP contribution >= 0.6 is 0 Å². The number of rotatable bonds is 2. The van der Waals surface area contributed by atoms with Crippen LogP contribution < -0.4 is 0 Å². The van der Waals surface area contributed by atoms with Crippen molar-refractivity contribution in [3.8, 4) is 0 Å². The van der Waals surface area contributed by atoms with E-state index in [1.165, 1.54) is 6.92 Å². The molecule has 0 amide bonds. The zero-order valence-corrected chi connectivity index (χ0v) is 8.48. The summed E-state index contributed by atoms with van der Waals surface area (Å²) < 4.78 is 37.2. The molecule has 0 fully saturated rings. The molecule has 1 aromatic rings. The van der Waals surface area contributed by atoms with E-state index < -0.39 is 11.7 Å². The molecule has 0 unspecified atom stereocenters. The Morgan fingerprint density at radius 2 is 1.87 bits per heavy atom. The quantitative estimate of drug-likeness (QED) is 0.742. The number of Topliss-reactive ketones (excluding diaryl/α,β-unsaturated/α-hetero) is 1. The number of carbonyl (C=O) groups is 1. The van der Waals surface area contributed by atoms with E-state index in [4.69, 9.17) is 0 Å². The van der Waals surface area contributed by atoms with Gasteiger partial charge in [0.25, 0.3) is 0 Å². The maximum absolute atomic E-state index is 12.4. The number of ketones is 1. The zero-order chi connectivity index (χ0) is 11.6. The lowest BCUT2D eigenvalue weighted by Gasteiger charge is -2.09. The lowest BCUT2D eigenvalue weighted by Crippen LogP contribution is -2.07. The molecule has 0 N–H and O–H groups in total. The Morgan fingerprint density at radius 1 is 1.27 bits per heavy atom. The Bertz CT molecular complexity index is 380. The van der Waals surface area contributed by atoms with Crippen LogP contribution in [0.5, 0.6) is 0 Å². The number of aryl methyl sites for hydroxylation is 1. The molecule has 0 aromatic heterocycles. The van der Waals surface area contributed by atoms with Crippen LogP contribution in [0.3, 0.4) is 0 Å². The summed E-state index contributed by atoms with van der Waals surface area (Å²) >= 11 is 0. The highest BCUT2D eigenvalue weighted by molar-refractivity contribution is 5.78. The molecule has 0 aliphatic heterocycles. The lowest BCUT2D eigenvalue weighted by molar-refractivity contribution is -0.137. The number of hydrogen-bond acceptors (Lipinski definition) is 1. The van der Waals surface area contributed by atoms with E-state index in [0.717, 1.165) is 12.1 Å². The molecule has 0 saturated heterocycles. The summed E-state index contributed by atoms with van der Waals surface area (Å²) in [6.45, 7) is 2.94. The molecular weight excluding hydrogens is 205 g/mol. The van der Waals surface area contributed by atoms with Crippen molar-refractivity contribution in [1.82, 2.24) is 0 Å². The molecule has 0 saturated carbocycles. The third-order valence-corrected chi connectivity index (χ3v) is 1.92. The van der Waals surface area contributed by atoms with Crippen molar-refractivity contribution in [2.45, 2.75) is 26.4 Å². The van der Waals surface area contributed by atoms with Gasteiger partial charge >= 0.3 is 6.18 Å². The second-order valence-corrected chi connectivity index (χ2v) is 3.58. The predicted molar refractivity (Wildman–Crippen MR) is 50.6 cm³/mol. The fourth-order valence-corrected chi connectivity index (χ4v) is 1.42. The van der Waals surface area contributed by atoms with Crippen molar-refractivity contribution in [1.29, 1.82) is 0 Å². The van der Waals surface area contributed by atoms with Gasteiger partial charge < -0.3 is 0 Å². The predicted octanol–water partition coefficient (Wildman–Crippen LogP) is 3.15. The summed E-state index contributed by atoms with van der Waals surface area (Å²) in [7, 11) is 0. The van der Waals surface area contributed by atoms with Crippen molar-refractivity contribution < 1.29 is 18.0 Å². The first-order valence-electron chi connectivity index (χ1n) is 4.46. The van der Waals surface area contributed by atoms with Gasteiger partial charge in [-0.15, -0.1) is 0 Å². The van der Waals surface area contributed by atoms with Gasteiger partial charge in [0.1, 0.15) is 5.78 Å². The molecule has 15 heavy (non-hydrogen) atoms. The average molecular weight is 216 g/mol. The fraction of sp³-hybridized carbons (Fsp3) is 0.364. The number of halogens is 3. The van der Waals surface area contributed by atoms with Crippen molar-refractivity contribution in [2.75, 3.05) is 0 Å². The summed E-state index contributed by atoms with van der Waals surface area (Å²) in [6.07, 6.45) is -4.30. The topological polar surface area (TPSA) is 17.1 Å². The Hall–Kier alpha value is -1.32. The first kappa shape index (κ1) is 11.8. The van der Waals surface area contributed by atoms with E-state index in [1.54, 1.807) is 13.0 Å². The number of alkyl halides is 3. The maximum atomic E-state index is 12.4. The summed E-state index contributed by atoms with van der Waals surface area (Å²) in [5.41, 5.74) is 0.231. The molecular formula is C11H11F3O. The second kappa shape index (κ2) is 4.04. The van der Waals surface area contributed by atoms with Gasteiger partial charge in [-0.2, -0.15) is 13.2 Å². The third-order valence-electron chi connectivity index (χ3n) is 1.92. The maximum Gasteiger partial charge on any atom is 0.416 e. The van der Waals surface area contributed by atoms with Gasteiger partial charge in [0.05, 0.1) is 5.56 Å². The van der Waals surface area contributed by atoms with Gasteiger partial charge in [-0.05, 0) is 31.5 Å². The minimum Gasteiger partial charge on any atom is -0.300 e. The van der Waals surface area contributed by atoms with Crippen LogP contribution in [0, 0.1) is 6.92 Å². The normalized spacial score (nSPS) is 11.5. The Kier molecular flexibility index (Phi) is 3.17. The smallest absolute Gasteiger partial charge is 0.300 e. The van der Waals surface area contributed by atoms with E-state index in [-0.39, 0.29) is 12.2 Å². The summed E-state index contributed by atoms with van der Waals surface area (Å²) in [4.78, 5) is 10.8. The van der Waals surface area contributed by atoms with E-state index in [9.17, 15) is 18.0 Å².